The van der Waals surface area contributed by atoms with Crippen molar-refractivity contribution in [1.82, 2.24) is 10.3 Å². The summed E-state index contributed by atoms with van der Waals surface area (Å²) in [6, 6.07) is 0.846. The van der Waals surface area contributed by atoms with Crippen LogP contribution >= 0.6 is 11.6 Å². The Hall–Kier alpha value is -1.82. The van der Waals surface area contributed by atoms with Crippen LogP contribution in [0.25, 0.3) is 0 Å². The fourth-order valence-electron chi connectivity index (χ4n) is 2.31. The third-order valence-electron chi connectivity index (χ3n) is 4.14. The summed E-state index contributed by atoms with van der Waals surface area (Å²) in [6.07, 6.45) is 6.46. The molecule has 1 atom stereocenters. The Morgan fingerprint density at radius 1 is 1.35 bits per heavy atom. The zero-order valence-electron chi connectivity index (χ0n) is 12.8. The lowest BCUT2D eigenvalue weighted by atomic mass is 10.1. The summed E-state index contributed by atoms with van der Waals surface area (Å²) in [7, 11) is 0. The van der Waals surface area contributed by atoms with Gasteiger partial charge in [0.25, 0.3) is 5.91 Å². The predicted molar refractivity (Wildman–Crippen MR) is 85.3 cm³/mol. The van der Waals surface area contributed by atoms with Crippen molar-refractivity contribution in [3.8, 4) is 5.75 Å². The highest BCUT2D eigenvalue weighted by Crippen LogP contribution is 2.34. The molecule has 0 radical (unpaired) electrons. The Balaban J connectivity index is 1.64. The van der Waals surface area contributed by atoms with E-state index in [1.165, 1.54) is 12.3 Å². The molecular formula is C16H20ClN3O3. The Bertz CT molecular complexity index is 615. The van der Waals surface area contributed by atoms with Crippen molar-refractivity contribution in [2.45, 2.75) is 38.1 Å². The third-order valence-corrected chi connectivity index (χ3v) is 4.42. The molecule has 2 aliphatic rings. The maximum Gasteiger partial charge on any atom is 0.270 e. The number of nitrogens with one attached hydrogen (secondary N) is 1. The summed E-state index contributed by atoms with van der Waals surface area (Å²) in [5.41, 5.74) is 5.53. The van der Waals surface area contributed by atoms with Gasteiger partial charge in [-0.25, -0.2) is 4.98 Å². The molecule has 0 spiro atoms. The summed E-state index contributed by atoms with van der Waals surface area (Å²) in [4.78, 5) is 27.8. The van der Waals surface area contributed by atoms with Crippen molar-refractivity contribution in [1.29, 1.82) is 0 Å². The first kappa shape index (κ1) is 16.1. The van der Waals surface area contributed by atoms with E-state index in [2.05, 4.69) is 10.3 Å². The molecule has 23 heavy (non-hydrogen) atoms. The lowest BCUT2D eigenvalue weighted by Gasteiger charge is -2.15. The molecule has 2 aliphatic carbocycles. The van der Waals surface area contributed by atoms with Crippen molar-refractivity contribution in [2.75, 3.05) is 6.61 Å². The van der Waals surface area contributed by atoms with E-state index in [4.69, 9.17) is 22.1 Å². The molecule has 0 aliphatic heterocycles. The van der Waals surface area contributed by atoms with Crippen molar-refractivity contribution in [3.63, 3.8) is 0 Å². The van der Waals surface area contributed by atoms with Gasteiger partial charge >= 0.3 is 0 Å². The number of rotatable bonds is 8. The van der Waals surface area contributed by atoms with Gasteiger partial charge in [-0.1, -0.05) is 24.4 Å². The molecule has 3 N–H and O–H groups in total. The van der Waals surface area contributed by atoms with Gasteiger partial charge in [0, 0.05) is 6.07 Å². The molecule has 0 saturated heterocycles. The van der Waals surface area contributed by atoms with Crippen molar-refractivity contribution < 1.29 is 14.3 Å². The van der Waals surface area contributed by atoms with E-state index < -0.39 is 17.9 Å². The molecule has 6 nitrogen and oxygen atoms in total. The Labute approximate surface area is 139 Å². The maximum absolute atomic E-state index is 12.3. The minimum Gasteiger partial charge on any atom is -0.492 e. The zero-order chi connectivity index (χ0) is 16.4. The highest BCUT2D eigenvalue weighted by atomic mass is 35.5. The first-order valence-electron chi connectivity index (χ1n) is 7.91. The van der Waals surface area contributed by atoms with E-state index in [9.17, 15) is 9.59 Å². The van der Waals surface area contributed by atoms with Crippen LogP contribution in [-0.4, -0.2) is 29.4 Å². The van der Waals surface area contributed by atoms with E-state index in [0.717, 1.165) is 25.7 Å². The van der Waals surface area contributed by atoms with Crippen LogP contribution in [0.5, 0.6) is 5.75 Å². The Morgan fingerprint density at radius 2 is 2.04 bits per heavy atom. The van der Waals surface area contributed by atoms with Gasteiger partial charge in [0.2, 0.25) is 5.91 Å². The Morgan fingerprint density at radius 3 is 2.65 bits per heavy atom. The molecule has 0 aromatic carbocycles. The molecule has 124 valence electrons. The first-order chi connectivity index (χ1) is 11.0. The number of pyridine rings is 1. The Kier molecular flexibility index (Phi) is 4.71. The lowest BCUT2D eigenvalue weighted by molar-refractivity contribution is -0.120. The quantitative estimate of drug-likeness (QED) is 0.757. The SMILES string of the molecule is NC(=O)C(CC1CC1)NC(=O)c1cc(OCC2CC2)c(Cl)cn1. The van der Waals surface area contributed by atoms with Crippen LogP contribution in [0, 0.1) is 11.8 Å². The molecule has 2 saturated carbocycles. The van der Waals surface area contributed by atoms with Crippen molar-refractivity contribution in [3.05, 3.63) is 23.0 Å². The monoisotopic (exact) mass is 337 g/mol. The first-order valence-corrected chi connectivity index (χ1v) is 8.29. The van der Waals surface area contributed by atoms with Crippen molar-refractivity contribution >= 4 is 23.4 Å². The van der Waals surface area contributed by atoms with Crippen LogP contribution in [0.4, 0.5) is 0 Å². The van der Waals surface area contributed by atoms with E-state index in [-0.39, 0.29) is 5.69 Å². The van der Waals surface area contributed by atoms with Gasteiger partial charge in [0.05, 0.1) is 12.8 Å². The number of ether oxygens (including phenoxy) is 1. The number of carbonyl (C=O) groups is 2. The van der Waals surface area contributed by atoms with Crippen molar-refractivity contribution in [2.24, 2.45) is 17.6 Å². The number of hydrogen-bond donors (Lipinski definition) is 2. The van der Waals surface area contributed by atoms with Crippen LogP contribution in [0.3, 0.4) is 0 Å². The smallest absolute Gasteiger partial charge is 0.270 e. The number of nitrogens with two attached hydrogens (primary N) is 1. The largest absolute Gasteiger partial charge is 0.492 e. The molecule has 2 amide bonds. The third kappa shape index (κ3) is 4.58. The lowest BCUT2D eigenvalue weighted by Crippen LogP contribution is -2.45. The number of nitrogens with zero attached hydrogens (tertiary/aromatic N) is 1. The number of primary amides is 1. The second-order valence-corrected chi connectivity index (χ2v) is 6.77. The van der Waals surface area contributed by atoms with Gasteiger partial charge in [-0.15, -0.1) is 0 Å². The van der Waals surface area contributed by atoms with Crippen LogP contribution in [0.1, 0.15) is 42.6 Å². The minimum absolute atomic E-state index is 0.169. The van der Waals surface area contributed by atoms with E-state index in [0.29, 0.717) is 35.6 Å². The summed E-state index contributed by atoms with van der Waals surface area (Å²) in [6.45, 7) is 0.594. The highest BCUT2D eigenvalue weighted by molar-refractivity contribution is 6.32. The highest BCUT2D eigenvalue weighted by Gasteiger charge is 2.30. The second kappa shape index (κ2) is 6.74. The topological polar surface area (TPSA) is 94.3 Å². The van der Waals surface area contributed by atoms with E-state index in [1.807, 2.05) is 0 Å². The maximum atomic E-state index is 12.3. The average molecular weight is 338 g/mol. The summed E-state index contributed by atoms with van der Waals surface area (Å²) in [5.74, 6) is 0.529. The minimum atomic E-state index is -0.664. The number of aromatic nitrogens is 1. The number of carbonyl (C=O) groups excluding carboxylic acids is 2. The normalized spacial score (nSPS) is 18.3. The standard InChI is InChI=1S/C16H20ClN3O3/c17-11-7-19-13(6-14(11)23-8-10-3-4-10)16(22)20-12(15(18)21)5-9-1-2-9/h6-7,9-10,12H,1-5,8H2,(H2,18,21)(H,20,22). The molecule has 2 fully saturated rings. The van der Waals surface area contributed by atoms with E-state index in [1.54, 1.807) is 0 Å². The van der Waals surface area contributed by atoms with Gasteiger partial charge in [-0.2, -0.15) is 0 Å². The molecule has 1 aromatic heterocycles. The molecule has 1 heterocycles. The van der Waals surface area contributed by atoms with Gasteiger partial charge < -0.3 is 15.8 Å². The van der Waals surface area contributed by atoms with Gasteiger partial charge in [-0.05, 0) is 31.1 Å². The van der Waals surface area contributed by atoms with Crippen LogP contribution in [0.2, 0.25) is 5.02 Å². The number of hydrogen-bond acceptors (Lipinski definition) is 4. The molecule has 3 rings (SSSR count). The fraction of sp³-hybridized carbons (Fsp3) is 0.562. The average Bonchev–Trinajstić information content (AvgIpc) is 3.40. The van der Waals surface area contributed by atoms with Crippen LogP contribution in [0.15, 0.2) is 12.3 Å². The second-order valence-electron chi connectivity index (χ2n) is 6.36. The molecule has 7 heteroatoms. The summed E-state index contributed by atoms with van der Waals surface area (Å²) < 4.78 is 5.63. The fourth-order valence-corrected chi connectivity index (χ4v) is 2.47. The van der Waals surface area contributed by atoms with Gasteiger partial charge in [0.15, 0.2) is 0 Å². The zero-order valence-corrected chi connectivity index (χ0v) is 13.5. The van der Waals surface area contributed by atoms with Crippen LogP contribution < -0.4 is 15.8 Å². The number of halogens is 1. The molecule has 1 aromatic rings. The number of amides is 2. The van der Waals surface area contributed by atoms with Gasteiger partial charge in [0.1, 0.15) is 22.5 Å². The van der Waals surface area contributed by atoms with E-state index >= 15 is 0 Å². The molecule has 0 bridgehead atoms. The van der Waals surface area contributed by atoms with Crippen LogP contribution in [-0.2, 0) is 4.79 Å². The van der Waals surface area contributed by atoms with Gasteiger partial charge in [-0.3, -0.25) is 9.59 Å². The summed E-state index contributed by atoms with van der Waals surface area (Å²) in [5, 5.41) is 3.02. The molecular weight excluding hydrogens is 318 g/mol. The predicted octanol–water partition coefficient (Wildman–Crippen LogP) is 1.91. The summed E-state index contributed by atoms with van der Waals surface area (Å²) >= 11 is 6.04. The molecule has 1 unspecified atom stereocenters.